The summed E-state index contributed by atoms with van der Waals surface area (Å²) in [6.45, 7) is 11.4. The van der Waals surface area contributed by atoms with Gasteiger partial charge in [-0.1, -0.05) is 81.4 Å². The van der Waals surface area contributed by atoms with E-state index in [0.717, 1.165) is 17.5 Å². The van der Waals surface area contributed by atoms with Gasteiger partial charge in [0.1, 0.15) is 12.6 Å². The average Bonchev–Trinajstić information content (AvgIpc) is 3.15. The summed E-state index contributed by atoms with van der Waals surface area (Å²) in [5.41, 5.74) is 2.04. The van der Waals surface area contributed by atoms with Gasteiger partial charge >= 0.3 is 6.09 Å². The molecule has 0 aliphatic carbocycles. The predicted octanol–water partition coefficient (Wildman–Crippen LogP) is 6.64. The van der Waals surface area contributed by atoms with Crippen LogP contribution in [0.1, 0.15) is 63.3 Å². The van der Waals surface area contributed by atoms with Crippen molar-refractivity contribution in [2.45, 2.75) is 70.3 Å². The second kappa shape index (κ2) is 10.0. The Hall–Kier alpha value is -2.44. The Kier molecular flexibility index (Phi) is 7.57. The van der Waals surface area contributed by atoms with Gasteiger partial charge in [-0.25, -0.2) is 9.69 Å². The van der Waals surface area contributed by atoms with E-state index >= 15 is 0 Å². The van der Waals surface area contributed by atoms with Crippen LogP contribution in [0.15, 0.2) is 60.7 Å². The summed E-state index contributed by atoms with van der Waals surface area (Å²) in [4.78, 5) is 26.6. The third-order valence-corrected chi connectivity index (χ3v) is 11.1. The first kappa shape index (κ1) is 24.2. The lowest BCUT2D eigenvalue weighted by atomic mass is 10.0. The molecule has 3 rings (SSSR count). The molecule has 1 aliphatic heterocycles. The molecular weight excluding hydrogens is 418 g/mol. The van der Waals surface area contributed by atoms with Gasteiger partial charge < -0.3 is 9.16 Å². The van der Waals surface area contributed by atoms with Crippen LogP contribution in [0.4, 0.5) is 4.79 Å². The number of ether oxygens (including phenoxy) is 1. The molecule has 1 saturated heterocycles. The summed E-state index contributed by atoms with van der Waals surface area (Å²) in [6.07, 6.45) is 1.02. The van der Waals surface area contributed by atoms with Gasteiger partial charge in [0.2, 0.25) is 5.91 Å². The van der Waals surface area contributed by atoms with Crippen LogP contribution >= 0.6 is 0 Å². The Labute approximate surface area is 192 Å². The molecule has 1 aliphatic rings. The van der Waals surface area contributed by atoms with E-state index in [1.165, 1.54) is 4.90 Å². The Bertz CT molecular complexity index is 908. The van der Waals surface area contributed by atoms with E-state index in [9.17, 15) is 9.59 Å². The highest BCUT2D eigenvalue weighted by molar-refractivity contribution is 6.74. The number of benzene rings is 2. The smallest absolute Gasteiger partial charge is 0.417 e. The van der Waals surface area contributed by atoms with E-state index < -0.39 is 14.4 Å². The largest absolute Gasteiger partial charge is 0.446 e. The molecule has 2 unspecified atom stereocenters. The molecule has 5 nitrogen and oxygen atoms in total. The van der Waals surface area contributed by atoms with Gasteiger partial charge in [0.25, 0.3) is 0 Å². The highest BCUT2D eigenvalue weighted by Crippen LogP contribution is 2.41. The number of rotatable bonds is 8. The summed E-state index contributed by atoms with van der Waals surface area (Å²) in [5.74, 6) is -0.194. The number of imide groups is 1. The molecule has 2 atom stereocenters. The van der Waals surface area contributed by atoms with Crippen molar-refractivity contribution in [3.05, 3.63) is 71.8 Å². The molecule has 1 heterocycles. The lowest BCUT2D eigenvalue weighted by molar-refractivity contribution is -0.129. The number of nitrogens with zero attached hydrogens (tertiary/aromatic N) is 1. The predicted molar refractivity (Wildman–Crippen MR) is 129 cm³/mol. The molecule has 2 aromatic carbocycles. The minimum Gasteiger partial charge on any atom is -0.446 e. The van der Waals surface area contributed by atoms with Crippen LogP contribution in [0, 0.1) is 0 Å². The Morgan fingerprint density at radius 3 is 2.28 bits per heavy atom. The number of carbonyl (C=O) groups is 2. The average molecular weight is 454 g/mol. The zero-order valence-corrected chi connectivity index (χ0v) is 20.8. The zero-order valence-electron chi connectivity index (χ0n) is 19.8. The normalized spacial score (nSPS) is 17.8. The zero-order chi connectivity index (χ0) is 23.4. The van der Waals surface area contributed by atoms with Crippen molar-refractivity contribution >= 4 is 20.3 Å². The van der Waals surface area contributed by atoms with Crippen molar-refractivity contribution in [3.63, 3.8) is 0 Å². The quantitative estimate of drug-likeness (QED) is 0.420. The fraction of sp³-hybridized carbons (Fsp3) is 0.462. The number of hydrogen-bond donors (Lipinski definition) is 0. The highest BCUT2D eigenvalue weighted by atomic mass is 28.4. The number of carbonyl (C=O) groups excluding carboxylic acids is 2. The molecule has 0 spiro atoms. The molecule has 0 bridgehead atoms. The maximum absolute atomic E-state index is 13.0. The summed E-state index contributed by atoms with van der Waals surface area (Å²) in [7, 11) is -1.99. The SMILES string of the molecule is CC(C)(C)[Si](C)(C)OC(CCCC(=O)N1C(=O)OCC1c1ccccc1)c1ccccc1. The van der Waals surface area contributed by atoms with Gasteiger partial charge in [-0.2, -0.15) is 0 Å². The highest BCUT2D eigenvalue weighted by Gasteiger charge is 2.40. The van der Waals surface area contributed by atoms with Gasteiger partial charge in [0.05, 0.1) is 6.10 Å². The molecule has 0 N–H and O–H groups in total. The topological polar surface area (TPSA) is 55.8 Å². The number of cyclic esters (lactones) is 1. The molecule has 0 aromatic heterocycles. The van der Waals surface area contributed by atoms with Crippen LogP contribution in [0.3, 0.4) is 0 Å². The van der Waals surface area contributed by atoms with Crippen molar-refractivity contribution in [2.24, 2.45) is 0 Å². The van der Waals surface area contributed by atoms with Crippen molar-refractivity contribution in [1.29, 1.82) is 0 Å². The first-order valence-electron chi connectivity index (χ1n) is 11.4. The van der Waals surface area contributed by atoms with E-state index in [1.54, 1.807) is 0 Å². The van der Waals surface area contributed by atoms with E-state index in [2.05, 4.69) is 46.0 Å². The molecule has 32 heavy (non-hydrogen) atoms. The molecule has 2 amide bonds. The van der Waals surface area contributed by atoms with Crippen LogP contribution in [-0.2, 0) is 14.0 Å². The standard InChI is InChI=1S/C26H35NO4Si/c1-26(2,3)32(4,5)31-23(21-15-10-7-11-16-21)17-12-18-24(28)27-22(19-30-25(27)29)20-13-8-6-9-14-20/h6-11,13-16,22-23H,12,17-19H2,1-5H3. The van der Waals surface area contributed by atoms with Gasteiger partial charge in [-0.15, -0.1) is 0 Å². The maximum Gasteiger partial charge on any atom is 0.417 e. The second-order valence-electron chi connectivity index (χ2n) is 9.94. The number of amides is 2. The first-order valence-corrected chi connectivity index (χ1v) is 14.3. The van der Waals surface area contributed by atoms with Crippen LogP contribution in [0.25, 0.3) is 0 Å². The lowest BCUT2D eigenvalue weighted by Gasteiger charge is -2.39. The fourth-order valence-corrected chi connectivity index (χ4v) is 4.99. The van der Waals surface area contributed by atoms with Gasteiger partial charge in [0.15, 0.2) is 8.32 Å². The minimum absolute atomic E-state index is 0.0691. The van der Waals surface area contributed by atoms with Gasteiger partial charge in [0, 0.05) is 6.42 Å². The number of hydrogen-bond acceptors (Lipinski definition) is 4. The summed E-state index contributed by atoms with van der Waals surface area (Å²) in [5, 5.41) is 0.0953. The van der Waals surface area contributed by atoms with Crippen LogP contribution in [0.5, 0.6) is 0 Å². The summed E-state index contributed by atoms with van der Waals surface area (Å²) in [6, 6.07) is 19.4. The van der Waals surface area contributed by atoms with E-state index in [0.29, 0.717) is 6.42 Å². The molecular formula is C26H35NO4Si. The van der Waals surface area contributed by atoms with Crippen molar-refractivity contribution in [2.75, 3.05) is 6.61 Å². The van der Waals surface area contributed by atoms with Gasteiger partial charge in [-0.3, -0.25) is 4.79 Å². The third-order valence-electron chi connectivity index (χ3n) is 6.60. The van der Waals surface area contributed by atoms with Crippen LogP contribution in [0.2, 0.25) is 18.1 Å². The monoisotopic (exact) mass is 453 g/mol. The molecule has 0 saturated carbocycles. The van der Waals surface area contributed by atoms with Crippen molar-refractivity contribution in [1.82, 2.24) is 4.90 Å². The maximum atomic E-state index is 13.0. The van der Waals surface area contributed by atoms with E-state index in [4.69, 9.17) is 9.16 Å². The molecule has 0 radical (unpaired) electrons. The molecule has 2 aromatic rings. The third kappa shape index (κ3) is 5.67. The van der Waals surface area contributed by atoms with Crippen LogP contribution < -0.4 is 0 Å². The summed E-state index contributed by atoms with van der Waals surface area (Å²) < 4.78 is 11.9. The van der Waals surface area contributed by atoms with Crippen molar-refractivity contribution < 1.29 is 18.8 Å². The Balaban J connectivity index is 1.67. The molecule has 1 fully saturated rings. The summed E-state index contributed by atoms with van der Waals surface area (Å²) >= 11 is 0. The Morgan fingerprint density at radius 2 is 1.69 bits per heavy atom. The Morgan fingerprint density at radius 1 is 1.09 bits per heavy atom. The fourth-order valence-electron chi connectivity index (χ4n) is 3.67. The second-order valence-corrected chi connectivity index (χ2v) is 14.7. The van der Waals surface area contributed by atoms with E-state index in [-0.39, 0.29) is 36.1 Å². The lowest BCUT2D eigenvalue weighted by Crippen LogP contribution is -2.42. The van der Waals surface area contributed by atoms with Gasteiger partial charge in [-0.05, 0) is 42.1 Å². The first-order chi connectivity index (χ1) is 15.1. The molecule has 172 valence electrons. The molecule has 6 heteroatoms. The minimum atomic E-state index is -1.99. The van der Waals surface area contributed by atoms with E-state index in [1.807, 2.05) is 48.5 Å². The van der Waals surface area contributed by atoms with Crippen LogP contribution in [-0.4, -0.2) is 31.8 Å². The van der Waals surface area contributed by atoms with Crippen molar-refractivity contribution in [3.8, 4) is 0 Å².